The summed E-state index contributed by atoms with van der Waals surface area (Å²) in [5.41, 5.74) is 6.47. The highest BCUT2D eigenvalue weighted by atomic mass is 16.3. The van der Waals surface area contributed by atoms with E-state index in [0.29, 0.717) is 30.5 Å². The number of ketones is 1. The summed E-state index contributed by atoms with van der Waals surface area (Å²) in [5, 5.41) is 0. The number of amides is 3. The zero-order chi connectivity index (χ0) is 23.0. The Balaban J connectivity index is 1.63. The zero-order valence-electron chi connectivity index (χ0n) is 18.2. The number of nitrogens with two attached hydrogens (primary N) is 1. The molecule has 0 bridgehead atoms. The van der Waals surface area contributed by atoms with Gasteiger partial charge in [-0.25, -0.2) is 0 Å². The van der Waals surface area contributed by atoms with Crippen molar-refractivity contribution in [1.82, 2.24) is 9.80 Å². The molecule has 2 saturated heterocycles. The zero-order valence-corrected chi connectivity index (χ0v) is 18.2. The molecule has 0 radical (unpaired) electrons. The third-order valence-corrected chi connectivity index (χ3v) is 6.31. The lowest BCUT2D eigenvalue weighted by Crippen LogP contribution is -2.45. The molecular weight excluding hydrogens is 410 g/mol. The van der Waals surface area contributed by atoms with Crippen LogP contribution in [0.25, 0.3) is 0 Å². The lowest BCUT2D eigenvalue weighted by Gasteiger charge is -2.29. The SMILES string of the molecule is CC(C)CC(C(=O)N1CCC2C1C(=O)CN2C(=O)c1ccco1)c1ccccc1C(N)=O. The molecule has 2 aliphatic heterocycles. The van der Waals surface area contributed by atoms with E-state index in [1.165, 1.54) is 11.2 Å². The standard InChI is InChI=1S/C24H27N3O5/c1-14(2)12-17(15-6-3-4-7-16(15)22(25)29)23(30)26-10-9-18-21(26)19(28)13-27(18)24(31)20-8-5-11-32-20/h3-8,11,14,17-18,21H,9-10,12-13H2,1-2H3,(H2,25,29). The van der Waals surface area contributed by atoms with Gasteiger partial charge in [0.05, 0.1) is 24.8 Å². The molecule has 1 aromatic heterocycles. The Morgan fingerprint density at radius 2 is 1.88 bits per heavy atom. The van der Waals surface area contributed by atoms with E-state index in [0.717, 1.165) is 0 Å². The van der Waals surface area contributed by atoms with E-state index in [9.17, 15) is 19.2 Å². The second-order valence-electron chi connectivity index (χ2n) is 8.84. The van der Waals surface area contributed by atoms with E-state index in [-0.39, 0.29) is 41.9 Å². The molecule has 0 spiro atoms. The number of primary amides is 1. The molecule has 3 amide bonds. The third-order valence-electron chi connectivity index (χ3n) is 6.31. The fourth-order valence-electron chi connectivity index (χ4n) is 4.94. The van der Waals surface area contributed by atoms with Gasteiger partial charge in [0.1, 0.15) is 6.04 Å². The van der Waals surface area contributed by atoms with Gasteiger partial charge in [-0.3, -0.25) is 19.2 Å². The quantitative estimate of drug-likeness (QED) is 0.744. The number of likely N-dealkylation sites (tertiary alicyclic amines) is 2. The van der Waals surface area contributed by atoms with Gasteiger partial charge in [-0.2, -0.15) is 0 Å². The molecule has 2 aromatic rings. The summed E-state index contributed by atoms with van der Waals surface area (Å²) in [4.78, 5) is 54.6. The predicted octanol–water partition coefficient (Wildman–Crippen LogP) is 2.20. The third kappa shape index (κ3) is 3.81. The number of carbonyl (C=O) groups excluding carboxylic acids is 4. The average Bonchev–Trinajstić information content (AvgIpc) is 3.50. The summed E-state index contributed by atoms with van der Waals surface area (Å²) in [7, 11) is 0. The number of Topliss-reactive ketones (excluding diaryl/α,β-unsaturated/α-hetero) is 1. The summed E-state index contributed by atoms with van der Waals surface area (Å²) in [6.45, 7) is 4.33. The number of nitrogens with zero attached hydrogens (tertiary/aromatic N) is 2. The molecule has 8 nitrogen and oxygen atoms in total. The summed E-state index contributed by atoms with van der Waals surface area (Å²) < 4.78 is 5.21. The Hall–Kier alpha value is -3.42. The molecular formula is C24H27N3O5. The van der Waals surface area contributed by atoms with Crippen LogP contribution in [0.1, 0.15) is 59.1 Å². The van der Waals surface area contributed by atoms with E-state index in [2.05, 4.69) is 0 Å². The van der Waals surface area contributed by atoms with Gasteiger partial charge < -0.3 is 20.0 Å². The topological polar surface area (TPSA) is 114 Å². The van der Waals surface area contributed by atoms with E-state index in [1.54, 1.807) is 41.3 Å². The van der Waals surface area contributed by atoms with Crippen LogP contribution in [-0.2, 0) is 9.59 Å². The fourth-order valence-corrected chi connectivity index (χ4v) is 4.94. The van der Waals surface area contributed by atoms with Crippen molar-refractivity contribution in [3.63, 3.8) is 0 Å². The lowest BCUT2D eigenvalue weighted by molar-refractivity contribution is -0.138. The number of rotatable bonds is 6. The Labute approximate surface area is 186 Å². The summed E-state index contributed by atoms with van der Waals surface area (Å²) in [6, 6.07) is 8.99. The van der Waals surface area contributed by atoms with Crippen molar-refractivity contribution in [2.75, 3.05) is 13.1 Å². The second-order valence-corrected chi connectivity index (χ2v) is 8.84. The number of hydrogen-bond acceptors (Lipinski definition) is 5. The first-order chi connectivity index (χ1) is 15.3. The minimum Gasteiger partial charge on any atom is -0.459 e. The van der Waals surface area contributed by atoms with Gasteiger partial charge in [0.2, 0.25) is 11.8 Å². The van der Waals surface area contributed by atoms with Crippen LogP contribution in [0.3, 0.4) is 0 Å². The van der Waals surface area contributed by atoms with E-state index >= 15 is 0 Å². The van der Waals surface area contributed by atoms with Gasteiger partial charge in [0.15, 0.2) is 11.5 Å². The number of furan rings is 1. The maximum Gasteiger partial charge on any atom is 0.290 e. The van der Waals surface area contributed by atoms with Crippen molar-refractivity contribution < 1.29 is 23.6 Å². The molecule has 2 N–H and O–H groups in total. The van der Waals surface area contributed by atoms with E-state index in [1.807, 2.05) is 13.8 Å². The summed E-state index contributed by atoms with van der Waals surface area (Å²) in [6.07, 6.45) is 2.44. The highest BCUT2D eigenvalue weighted by Crippen LogP contribution is 2.36. The van der Waals surface area contributed by atoms with Crippen molar-refractivity contribution in [2.45, 2.75) is 44.7 Å². The van der Waals surface area contributed by atoms with Crippen LogP contribution in [0.2, 0.25) is 0 Å². The van der Waals surface area contributed by atoms with E-state index < -0.39 is 17.9 Å². The maximum atomic E-state index is 13.7. The predicted molar refractivity (Wildman–Crippen MR) is 116 cm³/mol. The van der Waals surface area contributed by atoms with Crippen LogP contribution in [0.4, 0.5) is 0 Å². The molecule has 4 rings (SSSR count). The molecule has 3 atom stereocenters. The first-order valence-corrected chi connectivity index (χ1v) is 10.9. The maximum absolute atomic E-state index is 13.7. The Bertz CT molecular complexity index is 1050. The molecule has 2 aliphatic rings. The number of fused-ring (bicyclic) bond motifs is 1. The van der Waals surface area contributed by atoms with Gasteiger partial charge in [0.25, 0.3) is 5.91 Å². The minimum absolute atomic E-state index is 0.0502. The molecule has 2 fully saturated rings. The normalized spacial score (nSPS) is 21.2. The fraction of sp³-hybridized carbons (Fsp3) is 0.417. The monoisotopic (exact) mass is 437 g/mol. The van der Waals surface area contributed by atoms with Gasteiger partial charge in [-0.1, -0.05) is 32.0 Å². The van der Waals surface area contributed by atoms with Crippen LogP contribution in [0, 0.1) is 5.92 Å². The van der Waals surface area contributed by atoms with Gasteiger partial charge in [-0.05, 0) is 42.5 Å². The van der Waals surface area contributed by atoms with Crippen molar-refractivity contribution in [3.05, 3.63) is 59.5 Å². The number of hydrogen-bond donors (Lipinski definition) is 1. The Kier molecular flexibility index (Phi) is 5.86. The van der Waals surface area contributed by atoms with Crippen molar-refractivity contribution >= 4 is 23.5 Å². The lowest BCUT2D eigenvalue weighted by atomic mass is 9.86. The summed E-state index contributed by atoms with van der Waals surface area (Å²) in [5.74, 6) is -1.54. The Morgan fingerprint density at radius 1 is 1.12 bits per heavy atom. The first-order valence-electron chi connectivity index (χ1n) is 10.9. The van der Waals surface area contributed by atoms with Crippen molar-refractivity contribution in [1.29, 1.82) is 0 Å². The average molecular weight is 437 g/mol. The molecule has 8 heteroatoms. The highest BCUT2D eigenvalue weighted by molar-refractivity contribution is 6.02. The first kappa shape index (κ1) is 21.8. The van der Waals surface area contributed by atoms with Crippen LogP contribution >= 0.6 is 0 Å². The molecule has 1 aromatic carbocycles. The Morgan fingerprint density at radius 3 is 2.53 bits per heavy atom. The van der Waals surface area contributed by atoms with E-state index in [4.69, 9.17) is 10.2 Å². The van der Waals surface area contributed by atoms with Crippen LogP contribution < -0.4 is 5.73 Å². The largest absolute Gasteiger partial charge is 0.459 e. The number of carbonyl (C=O) groups is 4. The van der Waals surface area contributed by atoms with Crippen molar-refractivity contribution in [3.8, 4) is 0 Å². The van der Waals surface area contributed by atoms with Crippen LogP contribution in [-0.4, -0.2) is 58.5 Å². The summed E-state index contributed by atoms with van der Waals surface area (Å²) >= 11 is 0. The highest BCUT2D eigenvalue weighted by Gasteiger charge is 2.52. The molecule has 32 heavy (non-hydrogen) atoms. The molecule has 0 aliphatic carbocycles. The molecule has 3 unspecified atom stereocenters. The van der Waals surface area contributed by atoms with Crippen LogP contribution in [0.5, 0.6) is 0 Å². The smallest absolute Gasteiger partial charge is 0.290 e. The molecule has 0 saturated carbocycles. The van der Waals surface area contributed by atoms with Crippen LogP contribution in [0.15, 0.2) is 47.1 Å². The van der Waals surface area contributed by atoms with Gasteiger partial charge in [-0.15, -0.1) is 0 Å². The van der Waals surface area contributed by atoms with Gasteiger partial charge in [0, 0.05) is 12.1 Å². The van der Waals surface area contributed by atoms with Crippen molar-refractivity contribution in [2.24, 2.45) is 11.7 Å². The molecule has 3 heterocycles. The van der Waals surface area contributed by atoms with Gasteiger partial charge >= 0.3 is 0 Å². The minimum atomic E-state index is -0.684. The second kappa shape index (κ2) is 8.61. The molecule has 168 valence electrons. The number of benzene rings is 1.